The number of carbonyl (C=O) groups excluding carboxylic acids is 1. The lowest BCUT2D eigenvalue weighted by atomic mass is 10.2. The Kier molecular flexibility index (Phi) is 6.84. The molecule has 140 valence electrons. The van der Waals surface area contributed by atoms with Gasteiger partial charge >= 0.3 is 0 Å². The molecule has 1 aromatic carbocycles. The topological polar surface area (TPSA) is 66.9 Å². The van der Waals surface area contributed by atoms with Crippen LogP contribution in [0.2, 0.25) is 0 Å². The molecule has 0 aromatic heterocycles. The molecule has 0 bridgehead atoms. The standard InChI is InChI=1S/C18H28N2O4S/c1-4-20(16-9-12-25(22,23)14-16)18(21)13-19(3)10-11-24-17-7-5-15(2)6-8-17/h5-8,16H,4,9-14H2,1-3H3. The quantitative estimate of drug-likeness (QED) is 0.693. The van der Waals surface area contributed by atoms with E-state index in [1.54, 1.807) is 4.90 Å². The van der Waals surface area contributed by atoms with Crippen LogP contribution >= 0.6 is 0 Å². The Balaban J connectivity index is 1.77. The number of carbonyl (C=O) groups is 1. The maximum absolute atomic E-state index is 12.5. The fraction of sp³-hybridized carbons (Fsp3) is 0.611. The van der Waals surface area contributed by atoms with Gasteiger partial charge in [0.2, 0.25) is 5.91 Å². The van der Waals surface area contributed by atoms with Gasteiger partial charge in [-0.1, -0.05) is 17.7 Å². The molecule has 1 aromatic rings. The summed E-state index contributed by atoms with van der Waals surface area (Å²) in [5.41, 5.74) is 1.18. The van der Waals surface area contributed by atoms with Crippen molar-refractivity contribution in [2.24, 2.45) is 0 Å². The van der Waals surface area contributed by atoms with Crippen LogP contribution in [0, 0.1) is 6.92 Å². The molecule has 0 saturated carbocycles. The van der Waals surface area contributed by atoms with E-state index in [1.807, 2.05) is 50.1 Å². The summed E-state index contributed by atoms with van der Waals surface area (Å²) in [5, 5.41) is 0. The third kappa shape index (κ3) is 6.01. The van der Waals surface area contributed by atoms with E-state index in [-0.39, 0.29) is 30.0 Å². The molecule has 0 radical (unpaired) electrons. The van der Waals surface area contributed by atoms with Crippen molar-refractivity contribution in [3.63, 3.8) is 0 Å². The summed E-state index contributed by atoms with van der Waals surface area (Å²) >= 11 is 0. The normalized spacial score (nSPS) is 19.1. The van der Waals surface area contributed by atoms with Gasteiger partial charge in [-0.15, -0.1) is 0 Å². The second-order valence-corrected chi connectivity index (χ2v) is 8.86. The van der Waals surface area contributed by atoms with Crippen molar-refractivity contribution in [3.8, 4) is 5.75 Å². The molecule has 1 saturated heterocycles. The van der Waals surface area contributed by atoms with Gasteiger partial charge in [0.15, 0.2) is 9.84 Å². The second kappa shape index (κ2) is 8.67. The van der Waals surface area contributed by atoms with Gasteiger partial charge in [0.25, 0.3) is 0 Å². The van der Waals surface area contributed by atoms with Gasteiger partial charge < -0.3 is 9.64 Å². The number of ether oxygens (including phenoxy) is 1. The van der Waals surface area contributed by atoms with Gasteiger partial charge in [0.05, 0.1) is 18.1 Å². The monoisotopic (exact) mass is 368 g/mol. The zero-order valence-corrected chi connectivity index (χ0v) is 16.1. The van der Waals surface area contributed by atoms with Crippen LogP contribution in [0.4, 0.5) is 0 Å². The van der Waals surface area contributed by atoms with Gasteiger partial charge in [-0.25, -0.2) is 8.42 Å². The van der Waals surface area contributed by atoms with Crippen molar-refractivity contribution in [1.82, 2.24) is 9.80 Å². The van der Waals surface area contributed by atoms with Crippen LogP contribution in [-0.4, -0.2) is 75.0 Å². The molecule has 0 aliphatic carbocycles. The van der Waals surface area contributed by atoms with Crippen LogP contribution in [0.1, 0.15) is 18.9 Å². The zero-order chi connectivity index (χ0) is 18.4. The molecule has 1 aliphatic heterocycles. The predicted octanol–water partition coefficient (Wildman–Crippen LogP) is 1.34. The maximum atomic E-state index is 12.5. The van der Waals surface area contributed by atoms with Crippen LogP contribution in [0.3, 0.4) is 0 Å². The number of nitrogens with zero attached hydrogens (tertiary/aromatic N) is 2. The highest BCUT2D eigenvalue weighted by Crippen LogP contribution is 2.18. The van der Waals surface area contributed by atoms with E-state index in [0.717, 1.165) is 5.75 Å². The van der Waals surface area contributed by atoms with E-state index in [9.17, 15) is 13.2 Å². The number of aryl methyl sites for hydroxylation is 1. The summed E-state index contributed by atoms with van der Waals surface area (Å²) in [5.74, 6) is 1.06. The summed E-state index contributed by atoms with van der Waals surface area (Å²) in [7, 11) is -1.12. The van der Waals surface area contributed by atoms with Crippen LogP contribution in [0.25, 0.3) is 0 Å². The van der Waals surface area contributed by atoms with E-state index >= 15 is 0 Å². The Hall–Kier alpha value is -1.60. The summed E-state index contributed by atoms with van der Waals surface area (Å²) in [4.78, 5) is 16.1. The van der Waals surface area contributed by atoms with E-state index < -0.39 is 9.84 Å². The van der Waals surface area contributed by atoms with Gasteiger partial charge in [0.1, 0.15) is 12.4 Å². The van der Waals surface area contributed by atoms with Crippen LogP contribution in [-0.2, 0) is 14.6 Å². The van der Waals surface area contributed by atoms with Crippen molar-refractivity contribution >= 4 is 15.7 Å². The van der Waals surface area contributed by atoms with Gasteiger partial charge in [0, 0.05) is 19.1 Å². The van der Waals surface area contributed by atoms with Gasteiger partial charge in [-0.2, -0.15) is 0 Å². The van der Waals surface area contributed by atoms with Crippen LogP contribution in [0.5, 0.6) is 5.75 Å². The SMILES string of the molecule is CCN(C(=O)CN(C)CCOc1ccc(C)cc1)C1CCS(=O)(=O)C1. The Labute approximate surface area is 150 Å². The number of amides is 1. The van der Waals surface area contributed by atoms with Crippen molar-refractivity contribution < 1.29 is 17.9 Å². The average Bonchev–Trinajstić information content (AvgIpc) is 2.89. The first-order valence-electron chi connectivity index (χ1n) is 8.68. The van der Waals surface area contributed by atoms with E-state index in [1.165, 1.54) is 5.56 Å². The Bertz CT molecular complexity index is 673. The molecule has 1 heterocycles. The molecule has 1 aliphatic rings. The summed E-state index contributed by atoms with van der Waals surface area (Å²) in [6, 6.07) is 7.67. The highest BCUT2D eigenvalue weighted by Gasteiger charge is 2.33. The average molecular weight is 368 g/mol. The lowest BCUT2D eigenvalue weighted by Gasteiger charge is -2.29. The predicted molar refractivity (Wildman–Crippen MR) is 98.6 cm³/mol. The Morgan fingerprint density at radius 2 is 1.96 bits per heavy atom. The highest BCUT2D eigenvalue weighted by atomic mass is 32.2. The van der Waals surface area contributed by atoms with Gasteiger partial charge in [-0.05, 0) is 39.4 Å². The molecular weight excluding hydrogens is 340 g/mol. The van der Waals surface area contributed by atoms with E-state index in [4.69, 9.17) is 4.74 Å². The van der Waals surface area contributed by atoms with Gasteiger partial charge in [-0.3, -0.25) is 9.69 Å². The number of hydrogen-bond acceptors (Lipinski definition) is 5. The number of hydrogen-bond donors (Lipinski definition) is 0. The lowest BCUT2D eigenvalue weighted by molar-refractivity contribution is -0.133. The number of rotatable bonds is 8. The molecule has 0 spiro atoms. The van der Waals surface area contributed by atoms with Crippen LogP contribution in [0.15, 0.2) is 24.3 Å². The van der Waals surface area contributed by atoms with E-state index in [0.29, 0.717) is 26.1 Å². The van der Waals surface area contributed by atoms with Crippen LogP contribution < -0.4 is 4.74 Å². The van der Waals surface area contributed by atoms with Crippen molar-refractivity contribution in [3.05, 3.63) is 29.8 Å². The molecule has 6 nitrogen and oxygen atoms in total. The van der Waals surface area contributed by atoms with E-state index in [2.05, 4.69) is 0 Å². The third-order valence-corrected chi connectivity index (χ3v) is 6.23. The molecule has 1 unspecified atom stereocenters. The number of sulfone groups is 1. The molecule has 1 fully saturated rings. The Morgan fingerprint density at radius 1 is 1.28 bits per heavy atom. The molecule has 2 rings (SSSR count). The maximum Gasteiger partial charge on any atom is 0.237 e. The second-order valence-electron chi connectivity index (χ2n) is 6.64. The first-order valence-corrected chi connectivity index (χ1v) is 10.5. The lowest BCUT2D eigenvalue weighted by Crippen LogP contribution is -2.46. The minimum absolute atomic E-state index is 0.0255. The molecule has 0 N–H and O–H groups in total. The van der Waals surface area contributed by atoms with Crippen molar-refractivity contribution in [1.29, 1.82) is 0 Å². The summed E-state index contributed by atoms with van der Waals surface area (Å²) in [6.45, 7) is 5.84. The third-order valence-electron chi connectivity index (χ3n) is 4.48. The number of likely N-dealkylation sites (N-methyl/N-ethyl adjacent to an activating group) is 2. The summed E-state index contributed by atoms with van der Waals surface area (Å²) < 4.78 is 29.0. The first-order chi connectivity index (χ1) is 11.8. The largest absolute Gasteiger partial charge is 0.492 e. The minimum Gasteiger partial charge on any atom is -0.492 e. The Morgan fingerprint density at radius 3 is 2.52 bits per heavy atom. The van der Waals surface area contributed by atoms with Crippen molar-refractivity contribution in [2.75, 3.05) is 44.8 Å². The minimum atomic E-state index is -2.99. The van der Waals surface area contributed by atoms with Crippen molar-refractivity contribution in [2.45, 2.75) is 26.3 Å². The molecule has 1 amide bonds. The molecule has 7 heteroatoms. The first kappa shape index (κ1) is 19.7. The molecule has 25 heavy (non-hydrogen) atoms. The zero-order valence-electron chi connectivity index (χ0n) is 15.3. The molecule has 1 atom stereocenters. The highest BCUT2D eigenvalue weighted by molar-refractivity contribution is 7.91. The number of benzene rings is 1. The fourth-order valence-electron chi connectivity index (χ4n) is 3.01. The summed E-state index contributed by atoms with van der Waals surface area (Å²) in [6.07, 6.45) is 0.544. The fourth-order valence-corrected chi connectivity index (χ4v) is 4.74. The smallest absolute Gasteiger partial charge is 0.237 e. The molecular formula is C18H28N2O4S.